The van der Waals surface area contributed by atoms with E-state index in [4.69, 9.17) is 0 Å². The van der Waals surface area contributed by atoms with Gasteiger partial charge < -0.3 is 10.2 Å². The van der Waals surface area contributed by atoms with Gasteiger partial charge in [0, 0.05) is 19.0 Å². The molecule has 0 radical (unpaired) electrons. The maximum atomic E-state index is 13.7. The SMILES string of the molecule is CCC(=O)N1CCC[C@@H]1c1cc(C(F)(F)F)c2c(NC(C)C)n[nH]c2n1. The normalized spacial score (nSPS) is 18.1. The molecule has 1 amide bonds. The highest BCUT2D eigenvalue weighted by Crippen LogP contribution is 2.40. The minimum atomic E-state index is -4.55. The Bertz CT molecular complexity index is 815. The van der Waals surface area contributed by atoms with E-state index in [1.807, 2.05) is 13.8 Å². The van der Waals surface area contributed by atoms with Crippen LogP contribution in [0, 0.1) is 0 Å². The van der Waals surface area contributed by atoms with Gasteiger partial charge in [0.1, 0.15) is 0 Å². The molecule has 1 aliphatic heterocycles. The summed E-state index contributed by atoms with van der Waals surface area (Å²) in [7, 11) is 0. The van der Waals surface area contributed by atoms with E-state index in [1.165, 1.54) is 0 Å². The van der Waals surface area contributed by atoms with Crippen LogP contribution in [0.3, 0.4) is 0 Å². The van der Waals surface area contributed by atoms with Crippen LogP contribution < -0.4 is 5.32 Å². The number of likely N-dealkylation sites (tertiary alicyclic amines) is 1. The molecule has 0 aliphatic carbocycles. The van der Waals surface area contributed by atoms with Crippen molar-refractivity contribution in [3.8, 4) is 0 Å². The second kappa shape index (κ2) is 6.77. The first kappa shape index (κ1) is 18.5. The summed E-state index contributed by atoms with van der Waals surface area (Å²) in [6, 6.07) is 0.558. The first-order valence-electron chi connectivity index (χ1n) is 8.74. The first-order chi connectivity index (χ1) is 12.2. The van der Waals surface area contributed by atoms with Crippen molar-refractivity contribution in [3.63, 3.8) is 0 Å². The van der Waals surface area contributed by atoms with Crippen LogP contribution >= 0.6 is 0 Å². The number of aromatic nitrogens is 3. The number of amides is 1. The molecule has 2 N–H and O–H groups in total. The maximum absolute atomic E-state index is 13.7. The van der Waals surface area contributed by atoms with E-state index in [9.17, 15) is 18.0 Å². The standard InChI is InChI=1S/C17H22F3N5O/c1-4-13(26)25-7-5-6-12(25)11-8-10(17(18,19)20)14-15(21-9(2)3)23-24-16(14)22-11/h8-9,12H,4-7H2,1-3H3,(H2,21,22,23,24)/t12-/m1/s1. The van der Waals surface area contributed by atoms with E-state index in [2.05, 4.69) is 20.5 Å². The summed E-state index contributed by atoms with van der Waals surface area (Å²) in [6.07, 6.45) is -2.88. The van der Waals surface area contributed by atoms with Crippen LogP contribution in [0.2, 0.25) is 0 Å². The number of anilines is 1. The Kier molecular flexibility index (Phi) is 4.81. The van der Waals surface area contributed by atoms with Crippen molar-refractivity contribution < 1.29 is 18.0 Å². The lowest BCUT2D eigenvalue weighted by Gasteiger charge is -2.24. The second-order valence-electron chi connectivity index (χ2n) is 6.79. The smallest absolute Gasteiger partial charge is 0.366 e. The van der Waals surface area contributed by atoms with Gasteiger partial charge in [-0.2, -0.15) is 18.3 Å². The van der Waals surface area contributed by atoms with Crippen molar-refractivity contribution in [3.05, 3.63) is 17.3 Å². The Hall–Kier alpha value is -2.32. The van der Waals surface area contributed by atoms with Crippen LogP contribution in [-0.2, 0) is 11.0 Å². The summed E-state index contributed by atoms with van der Waals surface area (Å²) >= 11 is 0. The van der Waals surface area contributed by atoms with E-state index in [0.29, 0.717) is 19.4 Å². The van der Waals surface area contributed by atoms with Crippen molar-refractivity contribution in [2.45, 2.75) is 58.3 Å². The quantitative estimate of drug-likeness (QED) is 0.858. The van der Waals surface area contributed by atoms with Gasteiger partial charge in [0.05, 0.1) is 22.7 Å². The lowest BCUT2D eigenvalue weighted by molar-refractivity contribution is -0.136. The number of H-pyrrole nitrogens is 1. The topological polar surface area (TPSA) is 73.9 Å². The molecule has 6 nitrogen and oxygen atoms in total. The monoisotopic (exact) mass is 369 g/mol. The molecular weight excluding hydrogens is 347 g/mol. The third-order valence-corrected chi connectivity index (χ3v) is 4.50. The summed E-state index contributed by atoms with van der Waals surface area (Å²) in [5.41, 5.74) is -0.456. The minimum Gasteiger partial charge on any atom is -0.366 e. The van der Waals surface area contributed by atoms with Gasteiger partial charge in [-0.25, -0.2) is 4.98 Å². The molecule has 2 aromatic heterocycles. The Morgan fingerprint density at radius 3 is 2.81 bits per heavy atom. The highest BCUT2D eigenvalue weighted by atomic mass is 19.4. The van der Waals surface area contributed by atoms with E-state index in [-0.39, 0.29) is 34.5 Å². The third-order valence-electron chi connectivity index (χ3n) is 4.50. The molecule has 0 unspecified atom stereocenters. The van der Waals surface area contributed by atoms with Crippen LogP contribution in [-0.4, -0.2) is 38.6 Å². The molecule has 0 saturated carbocycles. The lowest BCUT2D eigenvalue weighted by Crippen LogP contribution is -2.30. The average Bonchev–Trinajstić information content (AvgIpc) is 3.19. The van der Waals surface area contributed by atoms with Crippen LogP contribution in [0.5, 0.6) is 0 Å². The van der Waals surface area contributed by atoms with Gasteiger partial charge in [-0.3, -0.25) is 9.89 Å². The molecule has 142 valence electrons. The lowest BCUT2D eigenvalue weighted by atomic mass is 10.0. The Morgan fingerprint density at radius 1 is 1.46 bits per heavy atom. The number of fused-ring (bicyclic) bond motifs is 1. The van der Waals surface area contributed by atoms with Gasteiger partial charge >= 0.3 is 6.18 Å². The predicted octanol–water partition coefficient (Wildman–Crippen LogP) is 3.87. The fraction of sp³-hybridized carbons (Fsp3) is 0.588. The molecule has 1 aliphatic rings. The molecular formula is C17H22F3N5O. The van der Waals surface area contributed by atoms with Crippen molar-refractivity contribution >= 4 is 22.8 Å². The number of nitrogens with one attached hydrogen (secondary N) is 2. The van der Waals surface area contributed by atoms with Crippen LogP contribution in [0.15, 0.2) is 6.07 Å². The van der Waals surface area contributed by atoms with Crippen LogP contribution in [0.25, 0.3) is 11.0 Å². The van der Waals surface area contributed by atoms with E-state index in [1.54, 1.807) is 11.8 Å². The molecule has 3 rings (SSSR count). The van der Waals surface area contributed by atoms with Crippen molar-refractivity contribution in [2.75, 3.05) is 11.9 Å². The van der Waals surface area contributed by atoms with Gasteiger partial charge in [0.25, 0.3) is 0 Å². The zero-order chi connectivity index (χ0) is 19.1. The summed E-state index contributed by atoms with van der Waals surface area (Å²) in [4.78, 5) is 18.1. The summed E-state index contributed by atoms with van der Waals surface area (Å²) in [5.74, 6) is 0.0593. The molecule has 0 aromatic carbocycles. The Balaban J connectivity index is 2.13. The zero-order valence-corrected chi connectivity index (χ0v) is 14.9. The summed E-state index contributed by atoms with van der Waals surface area (Å²) in [5, 5.41) is 9.42. The number of alkyl halides is 3. The van der Waals surface area contributed by atoms with E-state index >= 15 is 0 Å². The fourth-order valence-electron chi connectivity index (χ4n) is 3.40. The number of nitrogens with zero attached hydrogens (tertiary/aromatic N) is 3. The molecule has 1 atom stereocenters. The number of pyridine rings is 1. The molecule has 9 heteroatoms. The van der Waals surface area contributed by atoms with Gasteiger partial charge in [-0.1, -0.05) is 6.92 Å². The molecule has 0 spiro atoms. The molecule has 1 fully saturated rings. The van der Waals surface area contributed by atoms with E-state index < -0.39 is 17.8 Å². The molecule has 2 aromatic rings. The van der Waals surface area contributed by atoms with Crippen LogP contribution in [0.4, 0.5) is 19.0 Å². The van der Waals surface area contributed by atoms with Crippen LogP contribution in [0.1, 0.15) is 57.3 Å². The summed E-state index contributed by atoms with van der Waals surface area (Å²) in [6.45, 7) is 5.93. The number of aromatic amines is 1. The highest BCUT2D eigenvalue weighted by molar-refractivity contribution is 5.91. The first-order valence-corrected chi connectivity index (χ1v) is 8.74. The maximum Gasteiger partial charge on any atom is 0.417 e. The number of hydrogen-bond acceptors (Lipinski definition) is 4. The van der Waals surface area contributed by atoms with E-state index in [0.717, 1.165) is 12.5 Å². The van der Waals surface area contributed by atoms with Crippen molar-refractivity contribution in [1.82, 2.24) is 20.1 Å². The summed E-state index contributed by atoms with van der Waals surface area (Å²) < 4.78 is 41.2. The Morgan fingerprint density at radius 2 is 2.19 bits per heavy atom. The molecule has 3 heterocycles. The number of carbonyl (C=O) groups excluding carboxylic acids is 1. The third kappa shape index (κ3) is 3.34. The number of hydrogen-bond donors (Lipinski definition) is 2. The van der Waals surface area contributed by atoms with Gasteiger partial charge in [-0.05, 0) is 32.8 Å². The second-order valence-corrected chi connectivity index (χ2v) is 6.79. The fourth-order valence-corrected chi connectivity index (χ4v) is 3.40. The number of carbonyl (C=O) groups is 1. The van der Waals surface area contributed by atoms with Crippen molar-refractivity contribution in [1.29, 1.82) is 0 Å². The molecule has 0 bridgehead atoms. The largest absolute Gasteiger partial charge is 0.417 e. The Labute approximate surface area is 149 Å². The van der Waals surface area contributed by atoms with Crippen molar-refractivity contribution in [2.24, 2.45) is 0 Å². The van der Waals surface area contributed by atoms with Gasteiger partial charge in [-0.15, -0.1) is 0 Å². The van der Waals surface area contributed by atoms with Gasteiger partial charge in [0.15, 0.2) is 11.5 Å². The minimum absolute atomic E-state index is 0.0682. The van der Waals surface area contributed by atoms with Gasteiger partial charge in [0.2, 0.25) is 5.91 Å². The molecule has 1 saturated heterocycles. The zero-order valence-electron chi connectivity index (χ0n) is 14.9. The molecule has 26 heavy (non-hydrogen) atoms. The average molecular weight is 369 g/mol. The highest BCUT2D eigenvalue weighted by Gasteiger charge is 2.38. The predicted molar refractivity (Wildman–Crippen MR) is 91.6 cm³/mol. The number of halogens is 3. The number of rotatable bonds is 4.